The topological polar surface area (TPSA) is 95.5 Å². The number of carboxylic acids is 1. The number of nitrogens with one attached hydrogen (secondary N) is 2. The highest BCUT2D eigenvalue weighted by Crippen LogP contribution is 2.43. The second-order valence-electron chi connectivity index (χ2n) is 6.26. The molecule has 0 heterocycles. The molecule has 0 aliphatic heterocycles. The van der Waals surface area contributed by atoms with Gasteiger partial charge in [0.05, 0.1) is 6.54 Å². The van der Waals surface area contributed by atoms with E-state index >= 15 is 0 Å². The fraction of sp³-hybridized carbons (Fsp3) is 0.800. The Hall–Kier alpha value is -1.59. The largest absolute Gasteiger partial charge is 0.480 e. The number of carbonyl (C=O) groups is 3. The molecule has 0 aromatic heterocycles. The number of amides is 2. The van der Waals surface area contributed by atoms with Gasteiger partial charge in [-0.25, -0.2) is 4.79 Å². The van der Waals surface area contributed by atoms with Crippen LogP contribution in [0.1, 0.15) is 52.9 Å². The number of carbonyl (C=O) groups excluding carboxylic acids is 2. The van der Waals surface area contributed by atoms with Gasteiger partial charge in [0.1, 0.15) is 6.04 Å². The van der Waals surface area contributed by atoms with Crippen molar-refractivity contribution >= 4 is 17.8 Å². The quantitative estimate of drug-likeness (QED) is 0.629. The van der Waals surface area contributed by atoms with E-state index in [1.807, 2.05) is 20.8 Å². The zero-order valence-corrected chi connectivity index (χ0v) is 13.1. The zero-order chi connectivity index (χ0) is 16.0. The Balaban J connectivity index is 2.42. The van der Waals surface area contributed by atoms with Gasteiger partial charge in [-0.05, 0) is 31.6 Å². The number of carboxylic acid groups (broad SMARTS) is 1. The highest BCUT2D eigenvalue weighted by Gasteiger charge is 2.42. The van der Waals surface area contributed by atoms with Crippen molar-refractivity contribution in [2.75, 3.05) is 6.54 Å². The van der Waals surface area contributed by atoms with Crippen LogP contribution in [0, 0.1) is 11.3 Å². The van der Waals surface area contributed by atoms with Crippen LogP contribution >= 0.6 is 0 Å². The number of hydrogen-bond acceptors (Lipinski definition) is 3. The molecule has 0 aromatic rings. The molecule has 0 aromatic carbocycles. The van der Waals surface area contributed by atoms with Gasteiger partial charge in [-0.15, -0.1) is 0 Å². The van der Waals surface area contributed by atoms with E-state index in [9.17, 15) is 14.4 Å². The molecule has 0 spiro atoms. The fourth-order valence-electron chi connectivity index (χ4n) is 2.63. The average Bonchev–Trinajstić information content (AvgIpc) is 2.34. The summed E-state index contributed by atoms with van der Waals surface area (Å²) in [5, 5.41) is 14.1. The molecule has 1 rings (SSSR count). The standard InChI is InChI=1S/C15H26N2O4/c1-4-15(6-5-7-15)14(21)16-9-12(18)17-11(13(19)20)8-10(2)3/h10-11H,4-9H2,1-3H3,(H,16,21)(H,17,18)(H,19,20)/t11-/m0/s1. The molecular formula is C15H26N2O4. The molecule has 120 valence electrons. The molecule has 3 N–H and O–H groups in total. The van der Waals surface area contributed by atoms with Crippen LogP contribution in [-0.4, -0.2) is 35.5 Å². The summed E-state index contributed by atoms with van der Waals surface area (Å²) < 4.78 is 0. The molecule has 2 amide bonds. The van der Waals surface area contributed by atoms with E-state index in [4.69, 9.17) is 5.11 Å². The van der Waals surface area contributed by atoms with E-state index in [1.165, 1.54) is 0 Å². The van der Waals surface area contributed by atoms with E-state index in [-0.39, 0.29) is 23.8 Å². The Morgan fingerprint density at radius 3 is 2.24 bits per heavy atom. The lowest BCUT2D eigenvalue weighted by molar-refractivity contribution is -0.142. The second kappa shape index (κ2) is 7.43. The van der Waals surface area contributed by atoms with Crippen molar-refractivity contribution in [2.24, 2.45) is 11.3 Å². The van der Waals surface area contributed by atoms with E-state index in [0.717, 1.165) is 25.7 Å². The van der Waals surface area contributed by atoms with Gasteiger partial charge >= 0.3 is 5.97 Å². The highest BCUT2D eigenvalue weighted by atomic mass is 16.4. The van der Waals surface area contributed by atoms with Gasteiger partial charge < -0.3 is 15.7 Å². The van der Waals surface area contributed by atoms with Gasteiger partial charge in [0.25, 0.3) is 0 Å². The lowest BCUT2D eigenvalue weighted by atomic mass is 9.66. The van der Waals surface area contributed by atoms with Crippen LogP contribution in [0.5, 0.6) is 0 Å². The molecule has 1 atom stereocenters. The van der Waals surface area contributed by atoms with Gasteiger partial charge in [-0.1, -0.05) is 27.2 Å². The summed E-state index contributed by atoms with van der Waals surface area (Å²) in [4.78, 5) is 34.9. The van der Waals surface area contributed by atoms with E-state index < -0.39 is 17.9 Å². The van der Waals surface area contributed by atoms with Crippen LogP contribution in [0.15, 0.2) is 0 Å². The molecule has 1 fully saturated rings. The van der Waals surface area contributed by atoms with Crippen LogP contribution in [0.4, 0.5) is 0 Å². The Bertz CT molecular complexity index is 397. The maximum Gasteiger partial charge on any atom is 0.326 e. The molecular weight excluding hydrogens is 272 g/mol. The number of aliphatic carboxylic acids is 1. The normalized spacial score (nSPS) is 17.7. The zero-order valence-electron chi connectivity index (χ0n) is 13.1. The molecule has 21 heavy (non-hydrogen) atoms. The van der Waals surface area contributed by atoms with E-state index in [1.54, 1.807) is 0 Å². The Morgan fingerprint density at radius 1 is 1.24 bits per heavy atom. The van der Waals surface area contributed by atoms with Crippen LogP contribution in [0.2, 0.25) is 0 Å². The van der Waals surface area contributed by atoms with Crippen molar-refractivity contribution in [1.82, 2.24) is 10.6 Å². The summed E-state index contributed by atoms with van der Waals surface area (Å²) in [6, 6.07) is -0.904. The summed E-state index contributed by atoms with van der Waals surface area (Å²) in [6.07, 6.45) is 3.91. The minimum atomic E-state index is -1.05. The van der Waals surface area contributed by atoms with Crippen LogP contribution in [-0.2, 0) is 14.4 Å². The third-order valence-corrected chi connectivity index (χ3v) is 4.22. The summed E-state index contributed by atoms with van der Waals surface area (Å²) in [6.45, 7) is 5.60. The molecule has 6 heteroatoms. The predicted octanol–water partition coefficient (Wildman–Crippen LogP) is 1.30. The maximum absolute atomic E-state index is 12.1. The van der Waals surface area contributed by atoms with Crippen LogP contribution in [0.3, 0.4) is 0 Å². The molecule has 1 aliphatic carbocycles. The predicted molar refractivity (Wildman–Crippen MR) is 78.6 cm³/mol. The first-order valence-electron chi connectivity index (χ1n) is 7.61. The summed E-state index contributed by atoms with van der Waals surface area (Å²) >= 11 is 0. The van der Waals surface area contributed by atoms with Crippen LogP contribution < -0.4 is 10.6 Å². The monoisotopic (exact) mass is 298 g/mol. The van der Waals surface area contributed by atoms with Crippen molar-refractivity contribution in [1.29, 1.82) is 0 Å². The molecule has 1 aliphatic rings. The fourth-order valence-corrected chi connectivity index (χ4v) is 2.63. The van der Waals surface area contributed by atoms with Crippen molar-refractivity contribution in [2.45, 2.75) is 58.9 Å². The summed E-state index contributed by atoms with van der Waals surface area (Å²) in [5.74, 6) is -1.43. The van der Waals surface area contributed by atoms with Gasteiger partial charge in [0.15, 0.2) is 0 Å². The van der Waals surface area contributed by atoms with Crippen molar-refractivity contribution in [3.05, 3.63) is 0 Å². The van der Waals surface area contributed by atoms with Gasteiger partial charge in [-0.3, -0.25) is 9.59 Å². The first kappa shape index (κ1) is 17.5. The molecule has 6 nitrogen and oxygen atoms in total. The SMILES string of the molecule is CCC1(C(=O)NCC(=O)N[C@@H](CC(C)C)C(=O)O)CCC1. The highest BCUT2D eigenvalue weighted by molar-refractivity contribution is 5.90. The lowest BCUT2D eigenvalue weighted by Gasteiger charge is -2.39. The molecule has 0 saturated heterocycles. The Labute approximate surface area is 125 Å². The average molecular weight is 298 g/mol. The molecule has 0 bridgehead atoms. The Kier molecular flexibility index (Phi) is 6.18. The van der Waals surface area contributed by atoms with Gasteiger partial charge in [0, 0.05) is 5.41 Å². The number of rotatable bonds is 8. The first-order valence-corrected chi connectivity index (χ1v) is 7.61. The molecule has 0 radical (unpaired) electrons. The van der Waals surface area contributed by atoms with Crippen molar-refractivity contribution in [3.8, 4) is 0 Å². The van der Waals surface area contributed by atoms with Gasteiger partial charge in [0.2, 0.25) is 11.8 Å². The third kappa shape index (κ3) is 4.72. The van der Waals surface area contributed by atoms with Crippen LogP contribution in [0.25, 0.3) is 0 Å². The van der Waals surface area contributed by atoms with Gasteiger partial charge in [-0.2, -0.15) is 0 Å². The molecule has 1 saturated carbocycles. The minimum Gasteiger partial charge on any atom is -0.480 e. The lowest BCUT2D eigenvalue weighted by Crippen LogP contribution is -2.50. The van der Waals surface area contributed by atoms with Crippen molar-refractivity contribution < 1.29 is 19.5 Å². The number of hydrogen-bond donors (Lipinski definition) is 3. The smallest absolute Gasteiger partial charge is 0.326 e. The van der Waals surface area contributed by atoms with E-state index in [2.05, 4.69) is 10.6 Å². The maximum atomic E-state index is 12.1. The minimum absolute atomic E-state index is 0.0952. The molecule has 0 unspecified atom stereocenters. The second-order valence-corrected chi connectivity index (χ2v) is 6.26. The summed E-state index contributed by atoms with van der Waals surface area (Å²) in [7, 11) is 0. The van der Waals surface area contributed by atoms with Crippen molar-refractivity contribution in [3.63, 3.8) is 0 Å². The first-order chi connectivity index (χ1) is 9.80. The summed E-state index contributed by atoms with van der Waals surface area (Å²) in [5.41, 5.74) is -0.315. The Morgan fingerprint density at radius 2 is 1.86 bits per heavy atom. The van der Waals surface area contributed by atoms with E-state index in [0.29, 0.717) is 6.42 Å². The third-order valence-electron chi connectivity index (χ3n) is 4.22.